The summed E-state index contributed by atoms with van der Waals surface area (Å²) in [6.45, 7) is 4.20. The maximum atomic E-state index is 6.08. The van der Waals surface area contributed by atoms with E-state index in [4.69, 9.17) is 21.9 Å². The van der Waals surface area contributed by atoms with Crippen molar-refractivity contribution in [1.82, 2.24) is 14.9 Å². The van der Waals surface area contributed by atoms with Crippen LogP contribution in [0.25, 0.3) is 5.69 Å². The fourth-order valence-electron chi connectivity index (χ4n) is 5.07. The van der Waals surface area contributed by atoms with Crippen molar-refractivity contribution in [2.75, 3.05) is 4.90 Å². The quantitative estimate of drug-likeness (QED) is 0.237. The van der Waals surface area contributed by atoms with Gasteiger partial charge >= 0.3 is 0 Å². The topological polar surface area (TPSA) is 42.3 Å². The Morgan fingerprint density at radius 3 is 2.11 bits per heavy atom. The van der Waals surface area contributed by atoms with Crippen LogP contribution in [-0.4, -0.2) is 14.7 Å². The molecule has 188 valence electrons. The Hall–Kier alpha value is -4.42. The number of para-hydroxylation sites is 1. The molecule has 0 spiro atoms. The molecule has 1 fully saturated rings. The molecule has 1 saturated heterocycles. The van der Waals surface area contributed by atoms with Crippen LogP contribution in [-0.2, 0) is 0 Å². The first kappa shape index (κ1) is 23.9. The number of benzene rings is 3. The second-order valence-electron chi connectivity index (χ2n) is 9.48. The molecule has 1 N–H and O–H groups in total. The molecule has 6 rings (SSSR count). The third-order valence-electron chi connectivity index (χ3n) is 6.89. The summed E-state index contributed by atoms with van der Waals surface area (Å²) < 4.78 is 8.38. The first-order valence-electron chi connectivity index (χ1n) is 12.7. The molecule has 0 saturated carbocycles. The van der Waals surface area contributed by atoms with Crippen LogP contribution < -0.4 is 15.0 Å². The largest absolute Gasteiger partial charge is 0.457 e. The van der Waals surface area contributed by atoms with E-state index in [1.165, 1.54) is 5.56 Å². The number of rotatable bonds is 6. The maximum absolute atomic E-state index is 6.08. The molecule has 3 heterocycles. The van der Waals surface area contributed by atoms with Crippen molar-refractivity contribution in [2.24, 2.45) is 0 Å². The van der Waals surface area contributed by atoms with Crippen molar-refractivity contribution in [1.29, 1.82) is 0 Å². The lowest BCUT2D eigenvalue weighted by Gasteiger charge is -2.29. The number of aromatic nitrogens is 2. The van der Waals surface area contributed by atoms with E-state index in [1.807, 2.05) is 60.8 Å². The van der Waals surface area contributed by atoms with Crippen LogP contribution in [0.15, 0.2) is 115 Å². The van der Waals surface area contributed by atoms with Crippen LogP contribution in [0.3, 0.4) is 0 Å². The van der Waals surface area contributed by atoms with Crippen molar-refractivity contribution in [3.05, 3.63) is 138 Å². The van der Waals surface area contributed by atoms with Gasteiger partial charge in [-0.1, -0.05) is 42.0 Å². The summed E-state index contributed by atoms with van der Waals surface area (Å²) in [5.41, 5.74) is 6.54. The van der Waals surface area contributed by atoms with Gasteiger partial charge in [0.05, 0.1) is 11.7 Å². The summed E-state index contributed by atoms with van der Waals surface area (Å²) in [6.07, 6.45) is 1.83. The monoisotopic (exact) mass is 516 g/mol. The second-order valence-corrected chi connectivity index (χ2v) is 9.86. The molecule has 0 bridgehead atoms. The molecular weight excluding hydrogens is 488 g/mol. The van der Waals surface area contributed by atoms with Crippen LogP contribution in [0.1, 0.15) is 34.7 Å². The summed E-state index contributed by atoms with van der Waals surface area (Å²) in [6, 6.07) is 36.7. The molecule has 38 heavy (non-hydrogen) atoms. The predicted octanol–water partition coefficient (Wildman–Crippen LogP) is 7.46. The number of pyridine rings is 1. The molecule has 0 radical (unpaired) electrons. The van der Waals surface area contributed by atoms with E-state index in [-0.39, 0.29) is 12.1 Å². The van der Waals surface area contributed by atoms with Gasteiger partial charge in [-0.3, -0.25) is 4.98 Å². The third kappa shape index (κ3) is 4.55. The average Bonchev–Trinajstić information content (AvgIpc) is 3.50. The van der Waals surface area contributed by atoms with Crippen LogP contribution in [0.4, 0.5) is 5.69 Å². The van der Waals surface area contributed by atoms with Gasteiger partial charge in [0.1, 0.15) is 17.5 Å². The number of aryl methyl sites for hydroxylation is 2. The SMILES string of the molecule is Cc1ccc(Oc2ccc(N3C(=S)N[C@@H](c4ccccn4)[C@@H]3c3ccc(C)n3-c3ccccc3)cc2)cc1. The van der Waals surface area contributed by atoms with E-state index >= 15 is 0 Å². The number of hydrogen-bond acceptors (Lipinski definition) is 3. The summed E-state index contributed by atoms with van der Waals surface area (Å²) >= 11 is 5.94. The molecule has 5 nitrogen and oxygen atoms in total. The number of ether oxygens (including phenoxy) is 1. The van der Waals surface area contributed by atoms with Gasteiger partial charge in [0, 0.05) is 29.0 Å². The van der Waals surface area contributed by atoms with Crippen molar-refractivity contribution in [3.63, 3.8) is 0 Å². The average molecular weight is 517 g/mol. The van der Waals surface area contributed by atoms with Crippen LogP contribution in [0.5, 0.6) is 11.5 Å². The molecule has 6 heteroatoms. The Kier molecular flexibility index (Phi) is 6.40. The highest BCUT2D eigenvalue weighted by molar-refractivity contribution is 7.80. The van der Waals surface area contributed by atoms with E-state index in [0.29, 0.717) is 5.11 Å². The Morgan fingerprint density at radius 2 is 1.42 bits per heavy atom. The smallest absolute Gasteiger partial charge is 0.174 e. The third-order valence-corrected chi connectivity index (χ3v) is 7.21. The summed E-state index contributed by atoms with van der Waals surface area (Å²) in [4.78, 5) is 6.89. The van der Waals surface area contributed by atoms with Crippen LogP contribution >= 0.6 is 12.2 Å². The zero-order valence-electron chi connectivity index (χ0n) is 21.3. The van der Waals surface area contributed by atoms with E-state index in [1.54, 1.807) is 0 Å². The molecule has 5 aromatic rings. The standard InChI is InChI=1S/C32H28N4OS/c1-22-11-16-26(17-12-22)37-27-18-14-25(15-19-27)36-31(30(34-32(36)38)28-10-6-7-21-33-28)29-20-13-23(2)35(29)24-8-4-3-5-9-24/h3-21,30-31H,1-2H3,(H,34,38)/t30-,31-/m0/s1. The van der Waals surface area contributed by atoms with E-state index in [9.17, 15) is 0 Å². The molecule has 2 aromatic heterocycles. The minimum atomic E-state index is -0.121. The minimum absolute atomic E-state index is 0.116. The Bertz CT molecular complexity index is 1550. The molecule has 3 aromatic carbocycles. The minimum Gasteiger partial charge on any atom is -0.457 e. The molecule has 0 unspecified atom stereocenters. The van der Waals surface area contributed by atoms with Gasteiger partial charge in [-0.15, -0.1) is 0 Å². The lowest BCUT2D eigenvalue weighted by molar-refractivity contribution is 0.482. The number of anilines is 1. The highest BCUT2D eigenvalue weighted by Crippen LogP contribution is 2.43. The van der Waals surface area contributed by atoms with Crippen molar-refractivity contribution in [3.8, 4) is 17.2 Å². The van der Waals surface area contributed by atoms with Gasteiger partial charge < -0.3 is 19.5 Å². The van der Waals surface area contributed by atoms with Crippen molar-refractivity contribution in [2.45, 2.75) is 25.9 Å². The molecule has 0 aliphatic carbocycles. The lowest BCUT2D eigenvalue weighted by Crippen LogP contribution is -2.30. The lowest BCUT2D eigenvalue weighted by atomic mass is 10.0. The molecule has 0 amide bonds. The number of hydrogen-bond donors (Lipinski definition) is 1. The zero-order valence-corrected chi connectivity index (χ0v) is 22.1. The Balaban J connectivity index is 1.41. The number of nitrogens with zero attached hydrogens (tertiary/aromatic N) is 3. The normalized spacial score (nSPS) is 16.9. The second kappa shape index (κ2) is 10.1. The Labute approximate surface area is 228 Å². The summed E-state index contributed by atoms with van der Waals surface area (Å²) in [7, 11) is 0. The molecule has 1 aliphatic heterocycles. The highest BCUT2D eigenvalue weighted by Gasteiger charge is 2.42. The predicted molar refractivity (Wildman–Crippen MR) is 156 cm³/mol. The van der Waals surface area contributed by atoms with Crippen molar-refractivity contribution < 1.29 is 4.74 Å². The maximum Gasteiger partial charge on any atom is 0.174 e. The van der Waals surface area contributed by atoms with Gasteiger partial charge in [0.2, 0.25) is 0 Å². The van der Waals surface area contributed by atoms with E-state index < -0.39 is 0 Å². The Morgan fingerprint density at radius 1 is 0.737 bits per heavy atom. The fourth-order valence-corrected chi connectivity index (χ4v) is 5.42. The van der Waals surface area contributed by atoms with E-state index in [0.717, 1.165) is 40.0 Å². The molecule has 2 atom stereocenters. The zero-order chi connectivity index (χ0) is 26.1. The summed E-state index contributed by atoms with van der Waals surface area (Å²) in [5, 5.41) is 4.23. The van der Waals surface area contributed by atoms with Gasteiger partial charge in [-0.25, -0.2) is 0 Å². The van der Waals surface area contributed by atoms with Gasteiger partial charge in [0.15, 0.2) is 5.11 Å². The van der Waals surface area contributed by atoms with Gasteiger partial charge in [-0.2, -0.15) is 0 Å². The van der Waals surface area contributed by atoms with Gasteiger partial charge in [0.25, 0.3) is 0 Å². The van der Waals surface area contributed by atoms with Gasteiger partial charge in [-0.05, 0) is 98.9 Å². The summed E-state index contributed by atoms with van der Waals surface area (Å²) in [5.74, 6) is 1.59. The van der Waals surface area contributed by atoms with E-state index in [2.05, 4.69) is 83.2 Å². The molecule has 1 aliphatic rings. The first-order chi connectivity index (χ1) is 18.6. The fraction of sp³-hybridized carbons (Fsp3) is 0.125. The molecular formula is C32H28N4OS. The first-order valence-corrected chi connectivity index (χ1v) is 13.1. The number of nitrogens with one attached hydrogen (secondary N) is 1. The van der Waals surface area contributed by atoms with Crippen LogP contribution in [0, 0.1) is 13.8 Å². The number of thiocarbonyl (C=S) groups is 1. The van der Waals surface area contributed by atoms with Crippen molar-refractivity contribution >= 4 is 23.0 Å². The highest BCUT2D eigenvalue weighted by atomic mass is 32.1. The van der Waals surface area contributed by atoms with Crippen LogP contribution in [0.2, 0.25) is 0 Å².